The number of imidazole rings is 1. The Kier molecular flexibility index (Phi) is 5.02. The molecule has 0 atom stereocenters. The summed E-state index contributed by atoms with van der Waals surface area (Å²) in [4.78, 5) is 23.9. The Bertz CT molecular complexity index is 1110. The van der Waals surface area contributed by atoms with E-state index in [4.69, 9.17) is 17.3 Å². The van der Waals surface area contributed by atoms with Gasteiger partial charge in [0.15, 0.2) is 11.6 Å². The van der Waals surface area contributed by atoms with Crippen LogP contribution in [-0.2, 0) is 20.0 Å². The summed E-state index contributed by atoms with van der Waals surface area (Å²) in [6, 6.07) is 7.48. The molecule has 29 heavy (non-hydrogen) atoms. The van der Waals surface area contributed by atoms with Crippen LogP contribution in [0.15, 0.2) is 30.5 Å². The SMILES string of the molecule is Cc1c(N)cccc1-c1ccnc(NC(=O)c2nc3c(n2C)CCN(C)C3)c1Cl. The number of carbonyl (C=O) groups is 1. The van der Waals surface area contributed by atoms with Gasteiger partial charge in [0.2, 0.25) is 0 Å². The van der Waals surface area contributed by atoms with Crippen molar-refractivity contribution in [2.45, 2.75) is 19.9 Å². The van der Waals surface area contributed by atoms with Gasteiger partial charge in [-0.3, -0.25) is 4.79 Å². The fourth-order valence-electron chi connectivity index (χ4n) is 3.71. The molecule has 1 aliphatic rings. The van der Waals surface area contributed by atoms with Crippen molar-refractivity contribution in [1.82, 2.24) is 19.4 Å². The molecule has 3 heterocycles. The standard InChI is InChI=1S/C21H23ClN6O/c1-12-13(5-4-6-15(12)23)14-7-9-24-19(18(14)22)26-21(29)20-25-16-11-27(2)10-8-17(16)28(20)3/h4-7,9H,8,10-11,23H2,1-3H3,(H,24,26,29). The zero-order chi connectivity index (χ0) is 20.7. The fraction of sp³-hybridized carbons (Fsp3) is 0.286. The third kappa shape index (κ3) is 3.47. The Hall–Kier alpha value is -2.90. The highest BCUT2D eigenvalue weighted by molar-refractivity contribution is 6.36. The minimum Gasteiger partial charge on any atom is -0.398 e. The molecule has 0 saturated carbocycles. The van der Waals surface area contributed by atoms with E-state index in [2.05, 4.69) is 20.2 Å². The first-order chi connectivity index (χ1) is 13.9. The predicted molar refractivity (Wildman–Crippen MR) is 115 cm³/mol. The summed E-state index contributed by atoms with van der Waals surface area (Å²) in [6.45, 7) is 3.62. The van der Waals surface area contributed by atoms with Crippen molar-refractivity contribution in [2.24, 2.45) is 7.05 Å². The van der Waals surface area contributed by atoms with Crippen LogP contribution in [0.4, 0.5) is 11.5 Å². The average molecular weight is 411 g/mol. The fourth-order valence-corrected chi connectivity index (χ4v) is 3.97. The molecule has 0 saturated heterocycles. The lowest BCUT2D eigenvalue weighted by molar-refractivity contribution is 0.101. The van der Waals surface area contributed by atoms with Crippen LogP contribution in [-0.4, -0.2) is 38.9 Å². The number of carbonyl (C=O) groups excluding carboxylic acids is 1. The molecule has 1 aromatic carbocycles. The molecule has 1 aliphatic heterocycles. The second kappa shape index (κ2) is 7.50. The number of pyridine rings is 1. The maximum absolute atomic E-state index is 12.9. The number of likely N-dealkylation sites (N-methyl/N-ethyl adjacent to an activating group) is 1. The van der Waals surface area contributed by atoms with E-state index >= 15 is 0 Å². The molecule has 0 spiro atoms. The summed E-state index contributed by atoms with van der Waals surface area (Å²) < 4.78 is 1.86. The van der Waals surface area contributed by atoms with Gasteiger partial charge in [-0.1, -0.05) is 23.7 Å². The predicted octanol–water partition coefficient (Wildman–Crippen LogP) is 3.27. The Balaban J connectivity index is 1.66. The number of nitrogens with two attached hydrogens (primary N) is 1. The van der Waals surface area contributed by atoms with E-state index in [1.807, 2.05) is 49.9 Å². The lowest BCUT2D eigenvalue weighted by atomic mass is 10.00. The minimum absolute atomic E-state index is 0.300. The van der Waals surface area contributed by atoms with Crippen LogP contribution in [0.2, 0.25) is 5.02 Å². The van der Waals surface area contributed by atoms with E-state index in [9.17, 15) is 4.79 Å². The molecule has 0 fully saturated rings. The summed E-state index contributed by atoms with van der Waals surface area (Å²) in [7, 11) is 3.92. The molecular formula is C21H23ClN6O. The number of nitrogens with one attached hydrogen (secondary N) is 1. The smallest absolute Gasteiger partial charge is 0.292 e. The number of rotatable bonds is 3. The summed E-state index contributed by atoms with van der Waals surface area (Å²) in [6.07, 6.45) is 2.49. The number of anilines is 2. The van der Waals surface area contributed by atoms with Gasteiger partial charge in [0.25, 0.3) is 5.91 Å². The van der Waals surface area contributed by atoms with E-state index in [-0.39, 0.29) is 5.91 Å². The number of amides is 1. The number of aromatic nitrogens is 3. The molecule has 7 nitrogen and oxygen atoms in total. The zero-order valence-electron chi connectivity index (χ0n) is 16.7. The van der Waals surface area contributed by atoms with Crippen molar-refractivity contribution in [3.8, 4) is 11.1 Å². The van der Waals surface area contributed by atoms with Crippen LogP contribution in [0.5, 0.6) is 0 Å². The highest BCUT2D eigenvalue weighted by Crippen LogP contribution is 2.35. The Morgan fingerprint density at radius 2 is 2.03 bits per heavy atom. The number of benzene rings is 1. The van der Waals surface area contributed by atoms with Gasteiger partial charge >= 0.3 is 0 Å². The molecular weight excluding hydrogens is 388 g/mol. The van der Waals surface area contributed by atoms with Crippen molar-refractivity contribution in [3.63, 3.8) is 0 Å². The van der Waals surface area contributed by atoms with Gasteiger partial charge in [0.1, 0.15) is 0 Å². The molecule has 3 aromatic rings. The van der Waals surface area contributed by atoms with E-state index in [1.165, 1.54) is 0 Å². The first-order valence-electron chi connectivity index (χ1n) is 9.41. The monoisotopic (exact) mass is 410 g/mol. The van der Waals surface area contributed by atoms with E-state index in [0.717, 1.165) is 47.6 Å². The van der Waals surface area contributed by atoms with Gasteiger partial charge in [-0.2, -0.15) is 0 Å². The first kappa shape index (κ1) is 19.4. The highest BCUT2D eigenvalue weighted by atomic mass is 35.5. The lowest BCUT2D eigenvalue weighted by Crippen LogP contribution is -2.27. The van der Waals surface area contributed by atoms with E-state index < -0.39 is 0 Å². The maximum Gasteiger partial charge on any atom is 0.292 e. The van der Waals surface area contributed by atoms with E-state index in [1.54, 1.807) is 6.20 Å². The topological polar surface area (TPSA) is 89.1 Å². The van der Waals surface area contributed by atoms with Gasteiger partial charge < -0.3 is 20.5 Å². The van der Waals surface area contributed by atoms with Gasteiger partial charge in [-0.25, -0.2) is 9.97 Å². The maximum atomic E-state index is 12.9. The van der Waals surface area contributed by atoms with Crippen molar-refractivity contribution in [2.75, 3.05) is 24.6 Å². The minimum atomic E-state index is -0.333. The summed E-state index contributed by atoms with van der Waals surface area (Å²) in [5, 5.41) is 3.19. The third-order valence-electron chi connectivity index (χ3n) is 5.44. The van der Waals surface area contributed by atoms with Crippen molar-refractivity contribution < 1.29 is 4.79 Å². The first-order valence-corrected chi connectivity index (χ1v) is 9.79. The van der Waals surface area contributed by atoms with Crippen LogP contribution < -0.4 is 11.1 Å². The molecule has 150 valence electrons. The Morgan fingerprint density at radius 1 is 1.24 bits per heavy atom. The third-order valence-corrected chi connectivity index (χ3v) is 5.82. The van der Waals surface area contributed by atoms with E-state index in [0.29, 0.717) is 22.4 Å². The molecule has 2 aromatic heterocycles. The second-order valence-corrected chi connectivity index (χ2v) is 7.75. The van der Waals surface area contributed by atoms with Crippen molar-refractivity contribution in [3.05, 3.63) is 58.3 Å². The number of fused-ring (bicyclic) bond motifs is 1. The van der Waals surface area contributed by atoms with Crippen LogP contribution >= 0.6 is 11.6 Å². The lowest BCUT2D eigenvalue weighted by Gasteiger charge is -2.21. The summed E-state index contributed by atoms with van der Waals surface area (Å²) in [5.74, 6) is 0.322. The highest BCUT2D eigenvalue weighted by Gasteiger charge is 2.25. The summed E-state index contributed by atoms with van der Waals surface area (Å²) >= 11 is 6.61. The molecule has 0 unspecified atom stereocenters. The number of nitrogens with zero attached hydrogens (tertiary/aromatic N) is 4. The quantitative estimate of drug-likeness (QED) is 0.647. The average Bonchev–Trinajstić information content (AvgIpc) is 3.02. The second-order valence-electron chi connectivity index (χ2n) is 7.37. The molecule has 1 amide bonds. The molecule has 4 rings (SSSR count). The molecule has 0 bridgehead atoms. The number of hydrogen-bond acceptors (Lipinski definition) is 5. The van der Waals surface area contributed by atoms with Crippen LogP contribution in [0.25, 0.3) is 11.1 Å². The largest absolute Gasteiger partial charge is 0.398 e. The van der Waals surface area contributed by atoms with Crippen LogP contribution in [0.1, 0.15) is 27.6 Å². The summed E-state index contributed by atoms with van der Waals surface area (Å²) in [5.41, 5.74) is 11.4. The number of halogens is 1. The molecule has 8 heteroatoms. The van der Waals surface area contributed by atoms with Gasteiger partial charge in [0.05, 0.1) is 10.7 Å². The number of hydrogen-bond donors (Lipinski definition) is 2. The number of nitrogen functional groups attached to an aromatic ring is 1. The molecule has 0 radical (unpaired) electrons. The Labute approximate surface area is 174 Å². The molecule has 0 aliphatic carbocycles. The van der Waals surface area contributed by atoms with Crippen LogP contribution in [0.3, 0.4) is 0 Å². The van der Waals surface area contributed by atoms with Crippen molar-refractivity contribution in [1.29, 1.82) is 0 Å². The van der Waals surface area contributed by atoms with Gasteiger partial charge in [-0.05, 0) is 37.2 Å². The molecule has 3 N–H and O–H groups in total. The van der Waals surface area contributed by atoms with Crippen LogP contribution in [0, 0.1) is 6.92 Å². The Morgan fingerprint density at radius 3 is 2.83 bits per heavy atom. The zero-order valence-corrected chi connectivity index (χ0v) is 17.4. The normalized spacial score (nSPS) is 13.9. The van der Waals surface area contributed by atoms with Gasteiger partial charge in [0, 0.05) is 49.7 Å². The van der Waals surface area contributed by atoms with Gasteiger partial charge in [-0.15, -0.1) is 0 Å². The van der Waals surface area contributed by atoms with Crippen molar-refractivity contribution >= 4 is 29.0 Å².